The Morgan fingerprint density at radius 3 is 2.39 bits per heavy atom. The Kier molecular flexibility index (Phi) is 4.98. The number of hydrogen-bond acceptors (Lipinski definition) is 5. The van der Waals surface area contributed by atoms with E-state index in [4.69, 9.17) is 9.47 Å². The fourth-order valence-electron chi connectivity index (χ4n) is 5.24. The van der Waals surface area contributed by atoms with Crippen LogP contribution in [0, 0.1) is 16.0 Å². The molecule has 0 heterocycles. The zero-order valence-corrected chi connectivity index (χ0v) is 16.1. The number of ether oxygens (including phenoxy) is 2. The molecule has 4 atom stereocenters. The molecule has 0 saturated heterocycles. The normalized spacial score (nSPS) is 26.1. The lowest BCUT2D eigenvalue weighted by molar-refractivity contribution is -0.387. The second kappa shape index (κ2) is 7.43. The van der Waals surface area contributed by atoms with Crippen molar-refractivity contribution in [1.29, 1.82) is 0 Å². The summed E-state index contributed by atoms with van der Waals surface area (Å²) in [5, 5.41) is 23.2. The molecule has 2 aromatic rings. The summed E-state index contributed by atoms with van der Waals surface area (Å²) in [7, 11) is 3.08. The van der Waals surface area contributed by atoms with Crippen LogP contribution in [0.1, 0.15) is 60.3 Å². The van der Waals surface area contributed by atoms with E-state index < -0.39 is 6.10 Å². The first-order chi connectivity index (χ1) is 13.6. The Balaban J connectivity index is 1.88. The molecule has 0 aromatic heterocycles. The van der Waals surface area contributed by atoms with Crippen molar-refractivity contribution >= 4 is 5.69 Å². The van der Waals surface area contributed by atoms with Gasteiger partial charge in [0.2, 0.25) is 0 Å². The van der Waals surface area contributed by atoms with E-state index in [1.54, 1.807) is 19.2 Å². The Hall–Kier alpha value is -2.60. The number of benzene rings is 2. The van der Waals surface area contributed by atoms with Crippen LogP contribution in [0.3, 0.4) is 0 Å². The van der Waals surface area contributed by atoms with Crippen LogP contribution in [-0.2, 0) is 0 Å². The minimum Gasteiger partial charge on any atom is -0.497 e. The molecule has 2 aliphatic carbocycles. The van der Waals surface area contributed by atoms with E-state index in [1.807, 2.05) is 24.3 Å². The van der Waals surface area contributed by atoms with Gasteiger partial charge in [0.05, 0.1) is 25.2 Å². The van der Waals surface area contributed by atoms with Crippen molar-refractivity contribution in [1.82, 2.24) is 0 Å². The third-order valence-corrected chi connectivity index (χ3v) is 6.43. The largest absolute Gasteiger partial charge is 0.497 e. The van der Waals surface area contributed by atoms with Gasteiger partial charge < -0.3 is 14.6 Å². The third kappa shape index (κ3) is 2.92. The molecule has 148 valence electrons. The topological polar surface area (TPSA) is 81.8 Å². The number of hydrogen-bond donors (Lipinski definition) is 1. The first-order valence-electron chi connectivity index (χ1n) is 9.74. The molecule has 2 aromatic carbocycles. The van der Waals surface area contributed by atoms with Crippen molar-refractivity contribution in [2.45, 2.75) is 43.6 Å². The average Bonchev–Trinajstić information content (AvgIpc) is 2.73. The van der Waals surface area contributed by atoms with Gasteiger partial charge in [0.25, 0.3) is 0 Å². The molecule has 6 heteroatoms. The van der Waals surface area contributed by atoms with Gasteiger partial charge in [-0.3, -0.25) is 10.1 Å². The molecular weight excluding hydrogens is 358 g/mol. The zero-order valence-electron chi connectivity index (χ0n) is 16.1. The highest BCUT2D eigenvalue weighted by molar-refractivity contribution is 5.60. The fraction of sp³-hybridized carbons (Fsp3) is 0.455. The molecular formula is C22H25NO5. The maximum Gasteiger partial charge on any atom is 0.314 e. The Labute approximate surface area is 164 Å². The van der Waals surface area contributed by atoms with E-state index in [9.17, 15) is 15.2 Å². The highest BCUT2D eigenvalue weighted by Crippen LogP contribution is 2.58. The van der Waals surface area contributed by atoms with Gasteiger partial charge in [-0.15, -0.1) is 0 Å². The molecule has 0 amide bonds. The molecule has 0 spiro atoms. The summed E-state index contributed by atoms with van der Waals surface area (Å²) in [6.45, 7) is 0. The summed E-state index contributed by atoms with van der Waals surface area (Å²) in [6, 6.07) is 11.2. The average molecular weight is 383 g/mol. The van der Waals surface area contributed by atoms with Gasteiger partial charge >= 0.3 is 5.69 Å². The van der Waals surface area contributed by atoms with E-state index in [0.29, 0.717) is 11.1 Å². The van der Waals surface area contributed by atoms with Crippen molar-refractivity contribution in [3.63, 3.8) is 0 Å². The van der Waals surface area contributed by atoms with Crippen molar-refractivity contribution in [2.75, 3.05) is 14.2 Å². The highest BCUT2D eigenvalue weighted by atomic mass is 16.6. The number of aliphatic hydroxyl groups excluding tert-OH is 1. The predicted molar refractivity (Wildman–Crippen MR) is 105 cm³/mol. The van der Waals surface area contributed by atoms with Crippen LogP contribution in [0.4, 0.5) is 5.69 Å². The third-order valence-electron chi connectivity index (χ3n) is 6.43. The number of methoxy groups -OCH3 is 2. The second-order valence-electron chi connectivity index (χ2n) is 7.68. The molecule has 2 aliphatic rings. The van der Waals surface area contributed by atoms with Crippen LogP contribution < -0.4 is 9.47 Å². The van der Waals surface area contributed by atoms with Crippen LogP contribution in [0.15, 0.2) is 36.4 Å². The second-order valence-corrected chi connectivity index (χ2v) is 7.68. The Bertz CT molecular complexity index is 879. The van der Waals surface area contributed by atoms with Gasteiger partial charge in [-0.05, 0) is 54.0 Å². The Morgan fingerprint density at radius 2 is 1.75 bits per heavy atom. The number of aliphatic hydroxyl groups is 1. The van der Waals surface area contributed by atoms with E-state index in [2.05, 4.69) is 0 Å². The molecule has 6 nitrogen and oxygen atoms in total. The SMILES string of the molecule is COc1ccc(C2C(O)c3ccc(OC)c([N+](=O)[O-])c3C3CCCCC32)cc1. The highest BCUT2D eigenvalue weighted by Gasteiger charge is 2.47. The van der Waals surface area contributed by atoms with E-state index in [0.717, 1.165) is 37.0 Å². The van der Waals surface area contributed by atoms with Crippen LogP contribution in [0.25, 0.3) is 0 Å². The zero-order chi connectivity index (χ0) is 19.8. The number of rotatable bonds is 4. The van der Waals surface area contributed by atoms with Crippen molar-refractivity contribution in [3.8, 4) is 11.5 Å². The molecule has 28 heavy (non-hydrogen) atoms. The summed E-state index contributed by atoms with van der Waals surface area (Å²) >= 11 is 0. The van der Waals surface area contributed by atoms with Crippen LogP contribution >= 0.6 is 0 Å². The maximum absolute atomic E-state index is 11.9. The lowest BCUT2D eigenvalue weighted by atomic mass is 9.60. The minimum atomic E-state index is -0.785. The van der Waals surface area contributed by atoms with Crippen molar-refractivity contribution < 1.29 is 19.5 Å². The van der Waals surface area contributed by atoms with E-state index in [-0.39, 0.29) is 34.1 Å². The van der Waals surface area contributed by atoms with E-state index >= 15 is 0 Å². The van der Waals surface area contributed by atoms with Gasteiger partial charge in [0, 0.05) is 11.5 Å². The summed E-state index contributed by atoms with van der Waals surface area (Å²) < 4.78 is 10.5. The summed E-state index contributed by atoms with van der Waals surface area (Å²) in [4.78, 5) is 11.5. The lowest BCUT2D eigenvalue weighted by Crippen LogP contribution is -2.34. The number of fused-ring (bicyclic) bond motifs is 3. The maximum atomic E-state index is 11.9. The monoisotopic (exact) mass is 383 g/mol. The van der Waals surface area contributed by atoms with Crippen LogP contribution in [-0.4, -0.2) is 24.2 Å². The molecule has 1 fully saturated rings. The fourth-order valence-corrected chi connectivity index (χ4v) is 5.24. The molecule has 4 rings (SSSR count). The van der Waals surface area contributed by atoms with Gasteiger partial charge in [-0.1, -0.05) is 31.0 Å². The van der Waals surface area contributed by atoms with Crippen LogP contribution in [0.2, 0.25) is 0 Å². The van der Waals surface area contributed by atoms with E-state index in [1.165, 1.54) is 7.11 Å². The molecule has 1 saturated carbocycles. The van der Waals surface area contributed by atoms with Crippen molar-refractivity contribution in [3.05, 3.63) is 63.2 Å². The lowest BCUT2D eigenvalue weighted by Gasteiger charge is -2.45. The van der Waals surface area contributed by atoms with Crippen molar-refractivity contribution in [2.24, 2.45) is 5.92 Å². The smallest absolute Gasteiger partial charge is 0.314 e. The molecule has 0 aliphatic heterocycles. The number of nitrogens with zero attached hydrogens (tertiary/aromatic N) is 1. The van der Waals surface area contributed by atoms with Gasteiger partial charge in [-0.2, -0.15) is 0 Å². The minimum absolute atomic E-state index is 0.0177. The van der Waals surface area contributed by atoms with Gasteiger partial charge in [0.15, 0.2) is 5.75 Å². The number of nitro benzene ring substituents is 1. The molecule has 0 radical (unpaired) electrons. The Morgan fingerprint density at radius 1 is 1.04 bits per heavy atom. The summed E-state index contributed by atoms with van der Waals surface area (Å²) in [5.74, 6) is 1.17. The number of nitro groups is 1. The molecule has 4 unspecified atom stereocenters. The quantitative estimate of drug-likeness (QED) is 0.610. The first kappa shape index (κ1) is 18.7. The van der Waals surface area contributed by atoms with Gasteiger partial charge in [-0.25, -0.2) is 0 Å². The van der Waals surface area contributed by atoms with Gasteiger partial charge in [0.1, 0.15) is 5.75 Å². The first-order valence-corrected chi connectivity index (χ1v) is 9.74. The molecule has 0 bridgehead atoms. The predicted octanol–water partition coefficient (Wildman–Crippen LogP) is 4.72. The van der Waals surface area contributed by atoms with Crippen LogP contribution in [0.5, 0.6) is 11.5 Å². The summed E-state index contributed by atoms with van der Waals surface area (Å²) in [5.41, 5.74) is 2.40. The molecule has 1 N–H and O–H groups in total. The standard InChI is InChI=1S/C22H25NO5/c1-27-14-9-7-13(8-10-14)19-15-5-3-4-6-16(15)20-17(22(19)24)11-12-18(28-2)21(20)23(25)26/h7-12,15-16,19,22,24H,3-6H2,1-2H3. The summed E-state index contributed by atoms with van der Waals surface area (Å²) in [6.07, 6.45) is 3.18.